The lowest BCUT2D eigenvalue weighted by Crippen LogP contribution is -1.72. The molecule has 0 aliphatic rings. The average Bonchev–Trinajstić information content (AvgIpc) is 2.15. The molecule has 1 rings (SSSR count). The topological polar surface area (TPSA) is 0 Å². The van der Waals surface area contributed by atoms with Gasteiger partial charge in [-0.2, -0.15) is 0 Å². The van der Waals surface area contributed by atoms with Gasteiger partial charge in [-0.15, -0.1) is 6.58 Å². The molecule has 0 spiro atoms. The van der Waals surface area contributed by atoms with Gasteiger partial charge in [0.15, 0.2) is 0 Å². The first kappa shape index (κ1) is 10.1. The Balaban J connectivity index is 2.56. The molecule has 0 aromatic heterocycles. The molecule has 0 nitrogen and oxygen atoms in total. The van der Waals surface area contributed by atoms with Crippen molar-refractivity contribution in [2.45, 2.75) is 12.8 Å². The van der Waals surface area contributed by atoms with Crippen LogP contribution in [0.25, 0.3) is 0 Å². The Hall–Kier alpha value is -1.000. The van der Waals surface area contributed by atoms with Crippen molar-refractivity contribution in [3.05, 3.63) is 47.0 Å². The summed E-state index contributed by atoms with van der Waals surface area (Å²) in [4.78, 5) is 0. The standard InChI is InChI=1S/C12H11Br/c1-2-3-4-5-6-11-7-9-12(13)10-8-11/h2,7-10H,1,3-4H2. The van der Waals surface area contributed by atoms with E-state index in [9.17, 15) is 0 Å². The molecule has 0 aliphatic heterocycles. The van der Waals surface area contributed by atoms with Gasteiger partial charge in [0.05, 0.1) is 0 Å². The number of rotatable bonds is 2. The molecule has 13 heavy (non-hydrogen) atoms. The highest BCUT2D eigenvalue weighted by Gasteiger charge is 1.85. The summed E-state index contributed by atoms with van der Waals surface area (Å²) in [5.41, 5.74) is 1.06. The zero-order chi connectivity index (χ0) is 9.52. The molecule has 1 aromatic rings. The maximum absolute atomic E-state index is 3.64. The molecule has 0 saturated carbocycles. The zero-order valence-corrected chi connectivity index (χ0v) is 8.97. The van der Waals surface area contributed by atoms with Gasteiger partial charge < -0.3 is 0 Å². The van der Waals surface area contributed by atoms with Gasteiger partial charge in [-0.25, -0.2) is 0 Å². The Kier molecular flexibility index (Phi) is 4.35. The minimum absolute atomic E-state index is 0.888. The Morgan fingerprint density at radius 3 is 2.62 bits per heavy atom. The van der Waals surface area contributed by atoms with Gasteiger partial charge in [0.2, 0.25) is 0 Å². The van der Waals surface area contributed by atoms with Crippen molar-refractivity contribution in [1.29, 1.82) is 0 Å². The third-order valence-corrected chi connectivity index (χ3v) is 2.08. The highest BCUT2D eigenvalue weighted by molar-refractivity contribution is 9.10. The van der Waals surface area contributed by atoms with Crippen LogP contribution in [0.4, 0.5) is 0 Å². The van der Waals surface area contributed by atoms with E-state index in [2.05, 4.69) is 34.3 Å². The van der Waals surface area contributed by atoms with Crippen molar-refractivity contribution >= 4 is 15.9 Å². The first-order chi connectivity index (χ1) is 6.33. The minimum atomic E-state index is 0.888. The van der Waals surface area contributed by atoms with Crippen LogP contribution in [0.1, 0.15) is 18.4 Å². The van der Waals surface area contributed by atoms with Gasteiger partial charge in [0.25, 0.3) is 0 Å². The molecule has 0 bridgehead atoms. The summed E-state index contributed by atoms with van der Waals surface area (Å²) in [5, 5.41) is 0. The van der Waals surface area contributed by atoms with Crippen LogP contribution in [-0.2, 0) is 0 Å². The SMILES string of the molecule is C=CCCC#Cc1ccc(Br)cc1. The molecule has 0 amide bonds. The summed E-state index contributed by atoms with van der Waals surface area (Å²) >= 11 is 3.38. The number of unbranched alkanes of at least 4 members (excludes halogenated alkanes) is 1. The summed E-state index contributed by atoms with van der Waals surface area (Å²) in [5.74, 6) is 6.17. The summed E-state index contributed by atoms with van der Waals surface area (Å²) in [6.45, 7) is 3.64. The first-order valence-corrected chi connectivity index (χ1v) is 4.97. The third kappa shape index (κ3) is 3.96. The molecule has 0 fully saturated rings. The van der Waals surface area contributed by atoms with E-state index in [-0.39, 0.29) is 0 Å². The molecule has 66 valence electrons. The minimum Gasteiger partial charge on any atom is -0.103 e. The number of hydrogen-bond donors (Lipinski definition) is 0. The van der Waals surface area contributed by atoms with Gasteiger partial charge in [-0.1, -0.05) is 33.8 Å². The van der Waals surface area contributed by atoms with Crippen molar-refractivity contribution in [3.8, 4) is 11.8 Å². The van der Waals surface area contributed by atoms with Crippen LogP contribution >= 0.6 is 15.9 Å². The molecule has 1 heteroatoms. The van der Waals surface area contributed by atoms with Gasteiger partial charge in [0, 0.05) is 16.5 Å². The zero-order valence-electron chi connectivity index (χ0n) is 7.39. The molecule has 1 aromatic carbocycles. The van der Waals surface area contributed by atoms with E-state index < -0.39 is 0 Å². The summed E-state index contributed by atoms with van der Waals surface area (Å²) in [6.07, 6.45) is 3.74. The van der Waals surface area contributed by atoms with Gasteiger partial charge >= 0.3 is 0 Å². The molecule has 0 unspecified atom stereocenters. The van der Waals surface area contributed by atoms with Crippen LogP contribution in [0, 0.1) is 11.8 Å². The van der Waals surface area contributed by atoms with Gasteiger partial charge in [0.1, 0.15) is 0 Å². The lowest BCUT2D eigenvalue weighted by Gasteiger charge is -1.89. The lowest BCUT2D eigenvalue weighted by molar-refractivity contribution is 1.09. The second-order valence-corrected chi connectivity index (χ2v) is 3.55. The van der Waals surface area contributed by atoms with Crippen LogP contribution in [0.2, 0.25) is 0 Å². The van der Waals surface area contributed by atoms with E-state index in [4.69, 9.17) is 0 Å². The molecule has 0 radical (unpaired) electrons. The predicted octanol–water partition coefficient (Wildman–Crippen LogP) is 3.77. The highest BCUT2D eigenvalue weighted by atomic mass is 79.9. The second-order valence-electron chi connectivity index (χ2n) is 2.64. The normalized spacial score (nSPS) is 8.69. The van der Waals surface area contributed by atoms with E-state index in [0.29, 0.717) is 0 Å². The quantitative estimate of drug-likeness (QED) is 0.416. The average molecular weight is 235 g/mol. The van der Waals surface area contributed by atoms with E-state index in [1.54, 1.807) is 0 Å². The maximum Gasteiger partial charge on any atom is 0.0246 e. The second kappa shape index (κ2) is 5.61. The number of allylic oxidation sites excluding steroid dienone is 1. The predicted molar refractivity (Wildman–Crippen MR) is 60.5 cm³/mol. The van der Waals surface area contributed by atoms with Gasteiger partial charge in [-0.3, -0.25) is 0 Å². The molecule has 0 saturated heterocycles. The van der Waals surface area contributed by atoms with Crippen molar-refractivity contribution in [2.75, 3.05) is 0 Å². The van der Waals surface area contributed by atoms with Crippen LogP contribution in [-0.4, -0.2) is 0 Å². The van der Waals surface area contributed by atoms with Gasteiger partial charge in [-0.05, 0) is 30.7 Å². The number of benzene rings is 1. The Morgan fingerprint density at radius 2 is 2.00 bits per heavy atom. The molecular formula is C12H11Br. The van der Waals surface area contributed by atoms with Crippen molar-refractivity contribution in [1.82, 2.24) is 0 Å². The highest BCUT2D eigenvalue weighted by Crippen LogP contribution is 2.09. The Morgan fingerprint density at radius 1 is 1.31 bits per heavy atom. The fourth-order valence-corrected chi connectivity index (χ4v) is 1.14. The van der Waals surface area contributed by atoms with Crippen molar-refractivity contribution in [3.63, 3.8) is 0 Å². The van der Waals surface area contributed by atoms with Crippen LogP contribution in [0.3, 0.4) is 0 Å². The molecular weight excluding hydrogens is 224 g/mol. The summed E-state index contributed by atoms with van der Waals surface area (Å²) < 4.78 is 1.09. The smallest absolute Gasteiger partial charge is 0.0246 e. The fraction of sp³-hybridized carbons (Fsp3) is 0.167. The maximum atomic E-state index is 3.64. The molecule has 0 atom stereocenters. The van der Waals surface area contributed by atoms with Crippen LogP contribution in [0.15, 0.2) is 41.4 Å². The molecule has 0 heterocycles. The Labute approximate surface area is 87.8 Å². The van der Waals surface area contributed by atoms with Crippen molar-refractivity contribution in [2.24, 2.45) is 0 Å². The third-order valence-electron chi connectivity index (χ3n) is 1.55. The summed E-state index contributed by atoms with van der Waals surface area (Å²) in [7, 11) is 0. The monoisotopic (exact) mass is 234 g/mol. The largest absolute Gasteiger partial charge is 0.103 e. The summed E-state index contributed by atoms with van der Waals surface area (Å²) in [6, 6.07) is 8.00. The Bertz CT molecular complexity index is 324. The lowest BCUT2D eigenvalue weighted by atomic mass is 10.2. The van der Waals surface area contributed by atoms with Crippen molar-refractivity contribution < 1.29 is 0 Å². The van der Waals surface area contributed by atoms with E-state index >= 15 is 0 Å². The molecule has 0 N–H and O–H groups in total. The fourth-order valence-electron chi connectivity index (χ4n) is 0.872. The number of halogens is 1. The van der Waals surface area contributed by atoms with Crippen LogP contribution in [0.5, 0.6) is 0 Å². The van der Waals surface area contributed by atoms with E-state index in [1.807, 2.05) is 30.3 Å². The molecule has 0 aliphatic carbocycles. The number of hydrogen-bond acceptors (Lipinski definition) is 0. The first-order valence-electron chi connectivity index (χ1n) is 4.18. The van der Waals surface area contributed by atoms with E-state index in [0.717, 1.165) is 22.9 Å². The van der Waals surface area contributed by atoms with Crippen LogP contribution < -0.4 is 0 Å². The van der Waals surface area contributed by atoms with E-state index in [1.165, 1.54) is 0 Å².